The van der Waals surface area contributed by atoms with Gasteiger partial charge in [-0.25, -0.2) is 0 Å². The summed E-state index contributed by atoms with van der Waals surface area (Å²) in [6.45, 7) is 6.48. The molecule has 1 aliphatic rings. The van der Waals surface area contributed by atoms with E-state index < -0.39 is 0 Å². The number of hydrogen-bond donors (Lipinski definition) is 1. The molecule has 3 nitrogen and oxygen atoms in total. The zero-order chi connectivity index (χ0) is 12.3. The van der Waals surface area contributed by atoms with Gasteiger partial charge in [-0.2, -0.15) is 0 Å². The van der Waals surface area contributed by atoms with E-state index in [9.17, 15) is 4.79 Å². The molecule has 0 aromatic rings. The van der Waals surface area contributed by atoms with Crippen LogP contribution >= 0.6 is 0 Å². The Morgan fingerprint density at radius 1 is 1.38 bits per heavy atom. The van der Waals surface area contributed by atoms with Gasteiger partial charge in [-0.1, -0.05) is 13.8 Å². The zero-order valence-electron chi connectivity index (χ0n) is 11.1. The molecule has 1 aliphatic carbocycles. The summed E-state index contributed by atoms with van der Waals surface area (Å²) in [5.74, 6) is 0.830. The van der Waals surface area contributed by atoms with E-state index in [4.69, 9.17) is 5.73 Å². The minimum atomic E-state index is -0.192. The fourth-order valence-corrected chi connectivity index (χ4v) is 2.32. The van der Waals surface area contributed by atoms with Crippen molar-refractivity contribution in [1.29, 1.82) is 0 Å². The quantitative estimate of drug-likeness (QED) is 0.780. The molecule has 0 spiro atoms. The Labute approximate surface area is 99.4 Å². The Balaban J connectivity index is 2.40. The van der Waals surface area contributed by atoms with Crippen molar-refractivity contribution >= 4 is 5.91 Å². The van der Waals surface area contributed by atoms with Gasteiger partial charge in [0.15, 0.2) is 0 Å². The van der Waals surface area contributed by atoms with Gasteiger partial charge in [-0.15, -0.1) is 0 Å². The third-order valence-electron chi connectivity index (χ3n) is 3.72. The first-order valence-electron chi connectivity index (χ1n) is 6.38. The number of carbonyl (C=O) groups excluding carboxylic acids is 1. The maximum atomic E-state index is 12.0. The molecule has 0 radical (unpaired) electrons. The molecule has 1 fully saturated rings. The van der Waals surface area contributed by atoms with Gasteiger partial charge in [0.05, 0.1) is 0 Å². The van der Waals surface area contributed by atoms with E-state index in [0.717, 1.165) is 19.3 Å². The number of amides is 1. The van der Waals surface area contributed by atoms with Crippen LogP contribution in [0.2, 0.25) is 0 Å². The predicted molar refractivity (Wildman–Crippen MR) is 67.1 cm³/mol. The summed E-state index contributed by atoms with van der Waals surface area (Å²) in [4.78, 5) is 13.9. The van der Waals surface area contributed by atoms with Crippen LogP contribution < -0.4 is 5.73 Å². The van der Waals surface area contributed by atoms with Crippen molar-refractivity contribution in [3.63, 3.8) is 0 Å². The maximum absolute atomic E-state index is 12.0. The first-order chi connectivity index (χ1) is 7.34. The monoisotopic (exact) mass is 226 g/mol. The molecule has 0 aromatic heterocycles. The summed E-state index contributed by atoms with van der Waals surface area (Å²) in [6.07, 6.45) is 4.76. The summed E-state index contributed by atoms with van der Waals surface area (Å²) in [7, 11) is 1.90. The lowest BCUT2D eigenvalue weighted by molar-refractivity contribution is -0.134. The molecule has 0 saturated heterocycles. The summed E-state index contributed by atoms with van der Waals surface area (Å²) in [5.41, 5.74) is 5.90. The van der Waals surface area contributed by atoms with Gasteiger partial charge in [-0.3, -0.25) is 4.79 Å². The van der Waals surface area contributed by atoms with Crippen molar-refractivity contribution in [3.8, 4) is 0 Å². The number of nitrogens with two attached hydrogens (primary N) is 1. The van der Waals surface area contributed by atoms with Gasteiger partial charge in [0.25, 0.3) is 0 Å². The smallest absolute Gasteiger partial charge is 0.224 e. The molecule has 0 bridgehead atoms. The molecule has 94 valence electrons. The lowest BCUT2D eigenvalue weighted by Gasteiger charge is -2.39. The number of hydrogen-bond acceptors (Lipinski definition) is 2. The lowest BCUT2D eigenvalue weighted by Crippen LogP contribution is -2.51. The van der Waals surface area contributed by atoms with E-state index in [0.29, 0.717) is 18.4 Å². The van der Waals surface area contributed by atoms with E-state index in [1.54, 1.807) is 0 Å². The second-order valence-electron chi connectivity index (χ2n) is 5.88. The van der Waals surface area contributed by atoms with E-state index in [-0.39, 0.29) is 11.4 Å². The van der Waals surface area contributed by atoms with Crippen LogP contribution in [-0.4, -0.2) is 29.4 Å². The number of carbonyl (C=O) groups is 1. The molecule has 1 rings (SSSR count). The number of rotatable bonds is 5. The molecule has 1 atom stereocenters. The minimum Gasteiger partial charge on any atom is -0.343 e. The van der Waals surface area contributed by atoms with Gasteiger partial charge >= 0.3 is 0 Å². The van der Waals surface area contributed by atoms with Crippen molar-refractivity contribution in [3.05, 3.63) is 0 Å². The number of nitrogens with zero attached hydrogens (tertiary/aromatic N) is 1. The molecular formula is C13H26N2O. The highest BCUT2D eigenvalue weighted by Gasteiger charge is 2.36. The Morgan fingerprint density at radius 3 is 2.31 bits per heavy atom. The molecule has 0 aromatic carbocycles. The third-order valence-corrected chi connectivity index (χ3v) is 3.72. The largest absolute Gasteiger partial charge is 0.343 e. The highest BCUT2D eigenvalue weighted by molar-refractivity contribution is 5.77. The van der Waals surface area contributed by atoms with Crippen LogP contribution in [0.5, 0.6) is 0 Å². The predicted octanol–water partition coefficient (Wildman–Crippen LogP) is 2.15. The molecular weight excluding hydrogens is 200 g/mol. The van der Waals surface area contributed by atoms with E-state index in [2.05, 4.69) is 20.8 Å². The van der Waals surface area contributed by atoms with Crippen LogP contribution in [0, 0.1) is 5.92 Å². The molecule has 2 N–H and O–H groups in total. The molecule has 1 unspecified atom stereocenters. The average Bonchev–Trinajstić information content (AvgIpc) is 2.12. The molecule has 3 heteroatoms. The Kier molecular flexibility index (Phi) is 4.36. The van der Waals surface area contributed by atoms with Crippen molar-refractivity contribution in [1.82, 2.24) is 4.90 Å². The van der Waals surface area contributed by atoms with Gasteiger partial charge in [0.2, 0.25) is 5.91 Å². The standard InChI is InChI=1S/C13H26N2O/c1-10(2)8-11(3)15(4)12(16)9-13(14)6-5-7-13/h10-11H,5-9,14H2,1-4H3. The average molecular weight is 226 g/mol. The van der Waals surface area contributed by atoms with Gasteiger partial charge in [0.1, 0.15) is 0 Å². The SMILES string of the molecule is CC(C)CC(C)N(C)C(=O)CC1(N)CCC1. The van der Waals surface area contributed by atoms with Gasteiger partial charge in [-0.05, 0) is 38.5 Å². The molecule has 1 amide bonds. The Bertz CT molecular complexity index is 246. The first-order valence-corrected chi connectivity index (χ1v) is 6.38. The van der Waals surface area contributed by atoms with Gasteiger partial charge < -0.3 is 10.6 Å². The first kappa shape index (κ1) is 13.5. The Hall–Kier alpha value is -0.570. The highest BCUT2D eigenvalue weighted by Crippen LogP contribution is 2.32. The van der Waals surface area contributed by atoms with Crippen molar-refractivity contribution < 1.29 is 4.79 Å². The Morgan fingerprint density at radius 2 is 1.94 bits per heavy atom. The topological polar surface area (TPSA) is 46.3 Å². The summed E-state index contributed by atoms with van der Waals surface area (Å²) in [5, 5.41) is 0. The van der Waals surface area contributed by atoms with Crippen LogP contribution in [0.4, 0.5) is 0 Å². The van der Waals surface area contributed by atoms with Crippen molar-refractivity contribution in [2.24, 2.45) is 11.7 Å². The second-order valence-corrected chi connectivity index (χ2v) is 5.88. The molecule has 1 saturated carbocycles. The minimum absolute atomic E-state index is 0.192. The van der Waals surface area contributed by atoms with E-state index >= 15 is 0 Å². The maximum Gasteiger partial charge on any atom is 0.224 e. The van der Waals surface area contributed by atoms with Crippen LogP contribution in [-0.2, 0) is 4.79 Å². The van der Waals surface area contributed by atoms with Crippen LogP contribution in [0.25, 0.3) is 0 Å². The zero-order valence-corrected chi connectivity index (χ0v) is 11.1. The normalized spacial score (nSPS) is 20.4. The lowest BCUT2D eigenvalue weighted by atomic mass is 9.75. The summed E-state index contributed by atoms with van der Waals surface area (Å²) in [6, 6.07) is 0.316. The third kappa shape index (κ3) is 3.48. The second kappa shape index (κ2) is 5.17. The highest BCUT2D eigenvalue weighted by atomic mass is 16.2. The van der Waals surface area contributed by atoms with E-state index in [1.165, 1.54) is 6.42 Å². The fraction of sp³-hybridized carbons (Fsp3) is 0.923. The van der Waals surface area contributed by atoms with Crippen molar-refractivity contribution in [2.75, 3.05) is 7.05 Å². The van der Waals surface area contributed by atoms with Crippen LogP contribution in [0.3, 0.4) is 0 Å². The van der Waals surface area contributed by atoms with Crippen molar-refractivity contribution in [2.45, 2.75) is 64.5 Å². The fourth-order valence-electron chi connectivity index (χ4n) is 2.32. The van der Waals surface area contributed by atoms with Crippen LogP contribution in [0.15, 0.2) is 0 Å². The molecule has 16 heavy (non-hydrogen) atoms. The summed E-state index contributed by atoms with van der Waals surface area (Å²) >= 11 is 0. The van der Waals surface area contributed by atoms with E-state index in [1.807, 2.05) is 11.9 Å². The van der Waals surface area contributed by atoms with Gasteiger partial charge in [0, 0.05) is 25.0 Å². The summed E-state index contributed by atoms with van der Waals surface area (Å²) < 4.78 is 0. The molecule has 0 aliphatic heterocycles. The van der Waals surface area contributed by atoms with Crippen LogP contribution in [0.1, 0.15) is 52.9 Å². The molecule has 0 heterocycles.